The van der Waals surface area contributed by atoms with Crippen molar-refractivity contribution in [2.45, 2.75) is 0 Å². The van der Waals surface area contributed by atoms with Crippen molar-refractivity contribution in [2.75, 3.05) is 12.4 Å². The monoisotopic (exact) mass is 280 g/mol. The quantitative estimate of drug-likeness (QED) is 0.723. The van der Waals surface area contributed by atoms with E-state index in [0.29, 0.717) is 0 Å². The van der Waals surface area contributed by atoms with Crippen LogP contribution in [0.4, 0.5) is 5.69 Å². The smallest absolute Gasteiger partial charge is 0.333 e. The van der Waals surface area contributed by atoms with E-state index in [4.69, 9.17) is 5.41 Å². The Kier molecular flexibility index (Phi) is 3.10. The zero-order chi connectivity index (χ0) is 15.0. The van der Waals surface area contributed by atoms with Crippen molar-refractivity contribution in [3.63, 3.8) is 0 Å². The van der Waals surface area contributed by atoms with Gasteiger partial charge in [-0.3, -0.25) is 9.13 Å². The zero-order valence-electron chi connectivity index (χ0n) is 11.9. The standard InChI is InChI=1S/C16H16N4O/c1-18-13-8-7-12(9-11(13)10-17)20-15-6-4-3-5-14(15)19(2)16(20)21/h3-10,17-18H,1-2H3. The first-order valence-corrected chi connectivity index (χ1v) is 6.66. The van der Waals surface area contributed by atoms with E-state index in [1.165, 1.54) is 6.21 Å². The summed E-state index contributed by atoms with van der Waals surface area (Å²) >= 11 is 0. The van der Waals surface area contributed by atoms with E-state index in [9.17, 15) is 4.79 Å². The van der Waals surface area contributed by atoms with Crippen molar-refractivity contribution in [1.29, 1.82) is 5.41 Å². The lowest BCUT2D eigenvalue weighted by molar-refractivity contribution is 0.846. The maximum atomic E-state index is 12.5. The lowest BCUT2D eigenvalue weighted by atomic mass is 10.1. The number of anilines is 1. The van der Waals surface area contributed by atoms with Crippen molar-refractivity contribution in [1.82, 2.24) is 9.13 Å². The molecule has 0 radical (unpaired) electrons. The number of nitrogens with zero attached hydrogens (tertiary/aromatic N) is 2. The summed E-state index contributed by atoms with van der Waals surface area (Å²) in [5.41, 5.74) is 4.02. The molecule has 5 heteroatoms. The van der Waals surface area contributed by atoms with Gasteiger partial charge in [0, 0.05) is 31.6 Å². The average Bonchev–Trinajstić information content (AvgIpc) is 2.78. The van der Waals surface area contributed by atoms with Gasteiger partial charge in [-0.05, 0) is 30.3 Å². The molecular weight excluding hydrogens is 264 g/mol. The number of para-hydroxylation sites is 2. The van der Waals surface area contributed by atoms with E-state index >= 15 is 0 Å². The highest BCUT2D eigenvalue weighted by Gasteiger charge is 2.12. The van der Waals surface area contributed by atoms with Gasteiger partial charge < -0.3 is 10.7 Å². The van der Waals surface area contributed by atoms with E-state index in [1.807, 2.05) is 49.5 Å². The SMILES string of the molecule is CNc1ccc(-n2c(=O)n(C)c3ccccc32)cc1C=N. The van der Waals surface area contributed by atoms with Crippen LogP contribution < -0.4 is 11.0 Å². The highest BCUT2D eigenvalue weighted by molar-refractivity contribution is 5.87. The second kappa shape index (κ2) is 4.94. The predicted octanol–water partition coefficient (Wildman–Crippen LogP) is 2.37. The molecule has 0 aliphatic heterocycles. The summed E-state index contributed by atoms with van der Waals surface area (Å²) in [6.45, 7) is 0. The maximum absolute atomic E-state index is 12.5. The molecule has 0 spiro atoms. The number of aryl methyl sites for hydroxylation is 1. The fourth-order valence-corrected chi connectivity index (χ4v) is 2.58. The van der Waals surface area contributed by atoms with Crippen LogP contribution >= 0.6 is 0 Å². The van der Waals surface area contributed by atoms with Crippen molar-refractivity contribution in [3.05, 3.63) is 58.5 Å². The van der Waals surface area contributed by atoms with Crippen molar-refractivity contribution in [3.8, 4) is 5.69 Å². The van der Waals surface area contributed by atoms with Gasteiger partial charge in [0.05, 0.1) is 16.7 Å². The zero-order valence-corrected chi connectivity index (χ0v) is 11.9. The van der Waals surface area contributed by atoms with Crippen molar-refractivity contribution < 1.29 is 0 Å². The van der Waals surface area contributed by atoms with E-state index in [1.54, 1.807) is 16.2 Å². The molecule has 3 aromatic rings. The van der Waals surface area contributed by atoms with Gasteiger partial charge >= 0.3 is 5.69 Å². The third kappa shape index (κ3) is 1.94. The molecule has 1 aromatic heterocycles. The molecular formula is C16H16N4O. The Hall–Kier alpha value is -2.82. The lowest BCUT2D eigenvalue weighted by Crippen LogP contribution is -2.21. The second-order valence-corrected chi connectivity index (χ2v) is 4.83. The van der Waals surface area contributed by atoms with Crippen molar-refractivity contribution in [2.24, 2.45) is 7.05 Å². The Labute approximate surface area is 122 Å². The molecule has 0 fully saturated rings. The highest BCUT2D eigenvalue weighted by Crippen LogP contribution is 2.21. The van der Waals surface area contributed by atoms with E-state index in [2.05, 4.69) is 5.32 Å². The Morgan fingerprint density at radius 3 is 2.52 bits per heavy atom. The highest BCUT2D eigenvalue weighted by atomic mass is 16.1. The molecule has 2 aromatic carbocycles. The van der Waals surface area contributed by atoms with Gasteiger partial charge in [0.25, 0.3) is 0 Å². The van der Waals surface area contributed by atoms with Crippen LogP contribution in [0, 0.1) is 5.41 Å². The number of benzene rings is 2. The van der Waals surface area contributed by atoms with Crippen LogP contribution in [-0.2, 0) is 7.05 Å². The molecule has 0 aliphatic rings. The summed E-state index contributed by atoms with van der Waals surface area (Å²) < 4.78 is 3.30. The third-order valence-electron chi connectivity index (χ3n) is 3.68. The molecule has 21 heavy (non-hydrogen) atoms. The Bertz CT molecular complexity index is 889. The molecule has 106 valence electrons. The summed E-state index contributed by atoms with van der Waals surface area (Å²) in [5, 5.41) is 10.5. The van der Waals surface area contributed by atoms with Gasteiger partial charge in [0.2, 0.25) is 0 Å². The van der Waals surface area contributed by atoms with E-state index in [0.717, 1.165) is 28.0 Å². The average molecular weight is 280 g/mol. The number of hydrogen-bond donors (Lipinski definition) is 2. The largest absolute Gasteiger partial charge is 0.388 e. The van der Waals surface area contributed by atoms with Gasteiger partial charge in [-0.15, -0.1) is 0 Å². The van der Waals surface area contributed by atoms with Crippen LogP contribution in [0.1, 0.15) is 5.56 Å². The van der Waals surface area contributed by atoms with Crippen molar-refractivity contribution >= 4 is 22.9 Å². The molecule has 0 saturated carbocycles. The summed E-state index contributed by atoms with van der Waals surface area (Å²) in [5.74, 6) is 0. The first kappa shape index (κ1) is 13.2. The van der Waals surface area contributed by atoms with Gasteiger partial charge in [-0.1, -0.05) is 12.1 Å². The molecule has 3 rings (SSSR count). The molecule has 0 unspecified atom stereocenters. The van der Waals surface area contributed by atoms with Crippen LogP contribution in [0.25, 0.3) is 16.7 Å². The normalized spacial score (nSPS) is 10.8. The minimum Gasteiger partial charge on any atom is -0.388 e. The van der Waals surface area contributed by atoms with E-state index < -0.39 is 0 Å². The molecule has 0 aliphatic carbocycles. The minimum atomic E-state index is -0.0932. The van der Waals surface area contributed by atoms with Gasteiger partial charge in [0.15, 0.2) is 0 Å². The molecule has 0 saturated heterocycles. The van der Waals surface area contributed by atoms with Crippen LogP contribution in [0.15, 0.2) is 47.3 Å². The van der Waals surface area contributed by atoms with Gasteiger partial charge in [0.1, 0.15) is 0 Å². The molecule has 0 atom stereocenters. The van der Waals surface area contributed by atoms with Crippen LogP contribution in [0.2, 0.25) is 0 Å². The second-order valence-electron chi connectivity index (χ2n) is 4.83. The number of hydrogen-bond acceptors (Lipinski definition) is 3. The number of imidazole rings is 1. The van der Waals surface area contributed by atoms with Crippen LogP contribution in [0.5, 0.6) is 0 Å². The topological polar surface area (TPSA) is 62.8 Å². The van der Waals surface area contributed by atoms with Crippen LogP contribution in [0.3, 0.4) is 0 Å². The Morgan fingerprint density at radius 2 is 1.86 bits per heavy atom. The summed E-state index contributed by atoms with van der Waals surface area (Å²) in [4.78, 5) is 12.5. The first-order chi connectivity index (χ1) is 10.2. The predicted molar refractivity (Wildman–Crippen MR) is 85.9 cm³/mol. The number of rotatable bonds is 3. The number of fused-ring (bicyclic) bond motifs is 1. The maximum Gasteiger partial charge on any atom is 0.333 e. The summed E-state index contributed by atoms with van der Waals surface area (Å²) in [7, 11) is 3.58. The Balaban J connectivity index is 2.33. The van der Waals surface area contributed by atoms with Crippen LogP contribution in [-0.4, -0.2) is 22.4 Å². The number of nitrogens with one attached hydrogen (secondary N) is 2. The lowest BCUT2D eigenvalue weighted by Gasteiger charge is -2.09. The molecule has 5 nitrogen and oxygen atoms in total. The van der Waals surface area contributed by atoms with Gasteiger partial charge in [-0.2, -0.15) is 0 Å². The fraction of sp³-hybridized carbons (Fsp3) is 0.125. The summed E-state index contributed by atoms with van der Waals surface area (Å²) in [6.07, 6.45) is 1.28. The molecule has 0 bridgehead atoms. The Morgan fingerprint density at radius 1 is 1.14 bits per heavy atom. The molecule has 2 N–H and O–H groups in total. The number of aromatic nitrogens is 2. The minimum absolute atomic E-state index is 0.0932. The summed E-state index contributed by atoms with van der Waals surface area (Å²) in [6, 6.07) is 13.3. The first-order valence-electron chi connectivity index (χ1n) is 6.66. The molecule has 0 amide bonds. The van der Waals surface area contributed by atoms with E-state index in [-0.39, 0.29) is 5.69 Å². The third-order valence-corrected chi connectivity index (χ3v) is 3.68. The fourth-order valence-electron chi connectivity index (χ4n) is 2.58. The molecule has 1 heterocycles. The van der Waals surface area contributed by atoms with Gasteiger partial charge in [-0.25, -0.2) is 4.79 Å².